The topological polar surface area (TPSA) is 114 Å². The van der Waals surface area contributed by atoms with Crippen molar-refractivity contribution in [2.24, 2.45) is 5.41 Å². The molecule has 0 bridgehead atoms. The Kier molecular flexibility index (Phi) is 9.22. The first-order valence-electron chi connectivity index (χ1n) is 13.5. The number of aliphatic carboxylic acids is 1. The lowest BCUT2D eigenvalue weighted by Crippen LogP contribution is -2.55. The third-order valence-electron chi connectivity index (χ3n) is 7.67. The van der Waals surface area contributed by atoms with Gasteiger partial charge in [-0.1, -0.05) is 85.8 Å². The summed E-state index contributed by atoms with van der Waals surface area (Å²) in [5, 5.41) is 15.0. The molecular weight excluding hydrogens is 508 g/mol. The van der Waals surface area contributed by atoms with Crippen LogP contribution in [-0.2, 0) is 25.7 Å². The minimum absolute atomic E-state index is 0.0913. The molecule has 1 aliphatic rings. The fourth-order valence-corrected chi connectivity index (χ4v) is 4.81. The molecule has 8 nitrogen and oxygen atoms in total. The second-order valence-electron chi connectivity index (χ2n) is 10.4. The third kappa shape index (κ3) is 6.51. The molecule has 0 saturated heterocycles. The average molecular weight is 545 g/mol. The zero-order valence-corrected chi connectivity index (χ0v) is 23.1. The van der Waals surface area contributed by atoms with Crippen LogP contribution in [0.4, 0.5) is 4.79 Å². The van der Waals surface area contributed by atoms with Crippen LogP contribution in [0.25, 0.3) is 11.1 Å². The van der Waals surface area contributed by atoms with Crippen molar-refractivity contribution in [3.05, 3.63) is 95.6 Å². The van der Waals surface area contributed by atoms with Crippen molar-refractivity contribution in [3.8, 4) is 11.1 Å². The van der Waals surface area contributed by atoms with E-state index in [1.165, 1.54) is 0 Å². The molecule has 0 saturated carbocycles. The third-order valence-corrected chi connectivity index (χ3v) is 7.67. The Balaban J connectivity index is 1.44. The molecule has 0 spiro atoms. The minimum atomic E-state index is -1.14. The van der Waals surface area contributed by atoms with Crippen LogP contribution in [-0.4, -0.2) is 48.4 Å². The molecule has 0 aromatic heterocycles. The maximum atomic E-state index is 13.3. The Morgan fingerprint density at radius 1 is 0.925 bits per heavy atom. The van der Waals surface area contributed by atoms with Gasteiger partial charge in [-0.25, -0.2) is 4.79 Å². The van der Waals surface area contributed by atoms with Gasteiger partial charge in [0.25, 0.3) is 0 Å². The Bertz CT molecular complexity index is 1300. The molecular formula is C32H36N2O6. The van der Waals surface area contributed by atoms with Crippen molar-refractivity contribution in [1.29, 1.82) is 0 Å². The molecule has 3 atom stereocenters. The van der Waals surface area contributed by atoms with Gasteiger partial charge in [0.05, 0.1) is 18.1 Å². The molecule has 3 aromatic carbocycles. The molecule has 0 radical (unpaired) electrons. The van der Waals surface area contributed by atoms with E-state index in [9.17, 15) is 19.5 Å². The zero-order valence-electron chi connectivity index (χ0n) is 23.1. The van der Waals surface area contributed by atoms with E-state index in [1.807, 2.05) is 66.7 Å². The van der Waals surface area contributed by atoms with E-state index in [0.717, 1.165) is 27.8 Å². The smallest absolute Gasteiger partial charge is 0.407 e. The van der Waals surface area contributed by atoms with Crippen LogP contribution in [0.2, 0.25) is 0 Å². The van der Waals surface area contributed by atoms with Gasteiger partial charge >= 0.3 is 12.1 Å². The molecule has 210 valence electrons. The highest BCUT2D eigenvalue weighted by Gasteiger charge is 2.35. The molecule has 3 N–H and O–H groups in total. The largest absolute Gasteiger partial charge is 0.481 e. The number of hydrogen-bond acceptors (Lipinski definition) is 5. The quantitative estimate of drug-likeness (QED) is 0.292. The first-order chi connectivity index (χ1) is 19.2. The van der Waals surface area contributed by atoms with E-state index in [1.54, 1.807) is 20.8 Å². The van der Waals surface area contributed by atoms with Crippen LogP contribution < -0.4 is 10.6 Å². The summed E-state index contributed by atoms with van der Waals surface area (Å²) < 4.78 is 11.6. The molecule has 8 heteroatoms. The number of alkyl carbamates (subject to hydrolysis) is 1. The minimum Gasteiger partial charge on any atom is -0.481 e. The maximum absolute atomic E-state index is 13.3. The number of rotatable bonds is 12. The zero-order chi connectivity index (χ0) is 28.7. The van der Waals surface area contributed by atoms with Crippen molar-refractivity contribution < 1.29 is 29.0 Å². The standard InChI is InChI=1S/C32H36N2O6/c1-4-32(3,30(36)37)20-33-29(35)28(21(2)39-18-22-12-6-5-7-13-22)34-31(38)40-19-27-25-16-10-8-14-23(25)24-15-9-11-17-26(24)27/h5-17,21,27-28H,4,18-20H2,1-3H3,(H,33,35)(H,34,38)(H,36,37)/t21-,28+,32?/m0/s1. The second-order valence-corrected chi connectivity index (χ2v) is 10.4. The number of carboxylic acids is 1. The van der Waals surface area contributed by atoms with Crippen LogP contribution in [0, 0.1) is 5.41 Å². The molecule has 2 amide bonds. The lowest BCUT2D eigenvalue weighted by Gasteiger charge is -2.28. The first-order valence-corrected chi connectivity index (χ1v) is 13.5. The molecule has 0 aliphatic heterocycles. The van der Waals surface area contributed by atoms with Gasteiger partial charge in [-0.3, -0.25) is 9.59 Å². The number of fused-ring (bicyclic) bond motifs is 3. The summed E-state index contributed by atoms with van der Waals surface area (Å²) in [5.74, 6) is -1.68. The average Bonchev–Trinajstić information content (AvgIpc) is 3.30. The van der Waals surface area contributed by atoms with Gasteiger partial charge in [-0.05, 0) is 48.1 Å². The van der Waals surface area contributed by atoms with Crippen molar-refractivity contribution in [2.75, 3.05) is 13.2 Å². The maximum Gasteiger partial charge on any atom is 0.407 e. The van der Waals surface area contributed by atoms with Crippen molar-refractivity contribution in [3.63, 3.8) is 0 Å². The van der Waals surface area contributed by atoms with E-state index >= 15 is 0 Å². The monoisotopic (exact) mass is 544 g/mol. The highest BCUT2D eigenvalue weighted by Crippen LogP contribution is 2.44. The Hall–Kier alpha value is -4.17. The molecule has 0 fully saturated rings. The number of carbonyl (C=O) groups is 3. The fourth-order valence-electron chi connectivity index (χ4n) is 4.81. The van der Waals surface area contributed by atoms with Gasteiger partial charge in [-0.2, -0.15) is 0 Å². The van der Waals surface area contributed by atoms with E-state index in [0.29, 0.717) is 6.42 Å². The van der Waals surface area contributed by atoms with E-state index < -0.39 is 35.5 Å². The van der Waals surface area contributed by atoms with Gasteiger partial charge in [0.2, 0.25) is 5.91 Å². The predicted molar refractivity (Wildman–Crippen MR) is 152 cm³/mol. The normalized spacial score (nSPS) is 15.2. The number of benzene rings is 3. The Morgan fingerprint density at radius 3 is 2.08 bits per heavy atom. The number of amides is 2. The molecule has 0 heterocycles. The van der Waals surface area contributed by atoms with Crippen LogP contribution in [0.1, 0.15) is 49.8 Å². The predicted octanol–water partition coefficient (Wildman–Crippen LogP) is 5.12. The lowest BCUT2D eigenvalue weighted by molar-refractivity contribution is -0.148. The molecule has 4 rings (SSSR count). The van der Waals surface area contributed by atoms with Crippen LogP contribution in [0.5, 0.6) is 0 Å². The van der Waals surface area contributed by atoms with Gasteiger partial charge in [0.1, 0.15) is 12.6 Å². The number of ether oxygens (including phenoxy) is 2. The summed E-state index contributed by atoms with van der Waals surface area (Å²) in [7, 11) is 0. The summed E-state index contributed by atoms with van der Waals surface area (Å²) >= 11 is 0. The lowest BCUT2D eigenvalue weighted by atomic mass is 9.87. The van der Waals surface area contributed by atoms with Gasteiger partial charge in [0, 0.05) is 12.5 Å². The molecule has 1 aliphatic carbocycles. The number of nitrogens with one attached hydrogen (secondary N) is 2. The van der Waals surface area contributed by atoms with Gasteiger partial charge in [-0.15, -0.1) is 0 Å². The van der Waals surface area contributed by atoms with E-state index in [-0.39, 0.29) is 25.7 Å². The van der Waals surface area contributed by atoms with Gasteiger partial charge in [0.15, 0.2) is 0 Å². The van der Waals surface area contributed by atoms with Crippen molar-refractivity contribution >= 4 is 18.0 Å². The van der Waals surface area contributed by atoms with Crippen LogP contribution in [0.15, 0.2) is 78.9 Å². The van der Waals surface area contributed by atoms with Crippen molar-refractivity contribution in [1.82, 2.24) is 10.6 Å². The highest BCUT2D eigenvalue weighted by atomic mass is 16.5. The highest BCUT2D eigenvalue weighted by molar-refractivity contribution is 5.87. The van der Waals surface area contributed by atoms with Crippen LogP contribution >= 0.6 is 0 Å². The fraction of sp³-hybridized carbons (Fsp3) is 0.344. The number of carboxylic acid groups (broad SMARTS) is 1. The first kappa shape index (κ1) is 28.8. The summed E-state index contributed by atoms with van der Waals surface area (Å²) in [4.78, 5) is 38.0. The molecule has 1 unspecified atom stereocenters. The van der Waals surface area contributed by atoms with Gasteiger partial charge < -0.3 is 25.2 Å². The summed E-state index contributed by atoms with van der Waals surface area (Å²) in [5.41, 5.74) is 4.17. The Morgan fingerprint density at radius 2 is 1.50 bits per heavy atom. The summed E-state index contributed by atoms with van der Waals surface area (Å²) in [6.07, 6.45) is -1.15. The summed E-state index contributed by atoms with van der Waals surface area (Å²) in [6, 6.07) is 24.5. The Labute approximate surface area is 234 Å². The molecule has 3 aromatic rings. The van der Waals surface area contributed by atoms with Crippen molar-refractivity contribution in [2.45, 2.75) is 51.9 Å². The van der Waals surface area contributed by atoms with E-state index in [4.69, 9.17) is 9.47 Å². The second kappa shape index (κ2) is 12.8. The summed E-state index contributed by atoms with van der Waals surface area (Å²) in [6.45, 7) is 5.25. The number of carbonyl (C=O) groups excluding carboxylic acids is 2. The van der Waals surface area contributed by atoms with E-state index in [2.05, 4.69) is 22.8 Å². The van der Waals surface area contributed by atoms with Crippen LogP contribution in [0.3, 0.4) is 0 Å². The SMILES string of the molecule is CCC(C)(CNC(=O)[C@H](NC(=O)OCC1c2ccccc2-c2ccccc21)[C@H](C)OCc1ccccc1)C(=O)O. The number of hydrogen-bond donors (Lipinski definition) is 3. The molecule has 40 heavy (non-hydrogen) atoms.